The van der Waals surface area contributed by atoms with E-state index in [0.717, 1.165) is 24.3 Å². The topological polar surface area (TPSA) is 79.9 Å². The molecule has 1 aromatic carbocycles. The molecule has 0 aliphatic heterocycles. The average Bonchev–Trinajstić information content (AvgIpc) is 2.59. The first-order chi connectivity index (χ1) is 11.2. The monoisotopic (exact) mass is 449 g/mol. The van der Waals surface area contributed by atoms with Crippen molar-refractivity contribution in [2.75, 3.05) is 20.2 Å². The Labute approximate surface area is 163 Å². The summed E-state index contributed by atoms with van der Waals surface area (Å²) in [7, 11) is 1.62. The number of nitrogens with one attached hydrogen (secondary N) is 1. The van der Waals surface area contributed by atoms with Crippen LogP contribution in [0, 0.1) is 0 Å². The molecule has 5 nitrogen and oxygen atoms in total. The van der Waals surface area contributed by atoms with Crippen molar-refractivity contribution in [1.82, 2.24) is 5.32 Å². The van der Waals surface area contributed by atoms with E-state index in [0.29, 0.717) is 5.96 Å². The van der Waals surface area contributed by atoms with Crippen molar-refractivity contribution in [3.8, 4) is 5.75 Å². The number of benzene rings is 1. The zero-order valence-corrected chi connectivity index (χ0v) is 17.2. The molecule has 0 aliphatic carbocycles. The second kappa shape index (κ2) is 14.3. The molecule has 0 amide bonds. The van der Waals surface area contributed by atoms with Gasteiger partial charge < -0.3 is 20.9 Å². The Hall–Kier alpha value is -1.02. The fourth-order valence-electron chi connectivity index (χ4n) is 2.29. The van der Waals surface area contributed by atoms with Crippen molar-refractivity contribution in [3.63, 3.8) is 0 Å². The number of rotatable bonds is 11. The predicted octanol–water partition coefficient (Wildman–Crippen LogP) is 3.61. The minimum atomic E-state index is -0.657. The summed E-state index contributed by atoms with van der Waals surface area (Å²) in [5.41, 5.74) is 6.62. The number of aliphatic hydroxyl groups excluding tert-OH is 1. The van der Waals surface area contributed by atoms with Gasteiger partial charge in [0, 0.05) is 6.54 Å². The first kappa shape index (κ1) is 23.0. The highest BCUT2D eigenvalue weighted by molar-refractivity contribution is 14.0. The standard InChI is InChI=1S/C18H31N3O2.HI/c1-3-4-5-6-7-8-13-20-18(19)21-14-17(22)15-9-11-16(23-2)12-10-15;/h9-12,17,22H,3-8,13-14H2,1-2H3,(H3,19,20,21);1H. The number of aliphatic imine (C=N–C) groups is 1. The molecule has 1 atom stereocenters. The molecule has 138 valence electrons. The highest BCUT2D eigenvalue weighted by atomic mass is 127. The Kier molecular flexibility index (Phi) is 13.7. The van der Waals surface area contributed by atoms with E-state index in [-0.39, 0.29) is 30.5 Å². The van der Waals surface area contributed by atoms with Gasteiger partial charge >= 0.3 is 0 Å². The molecule has 0 saturated heterocycles. The maximum atomic E-state index is 10.1. The van der Waals surface area contributed by atoms with E-state index >= 15 is 0 Å². The van der Waals surface area contributed by atoms with E-state index in [4.69, 9.17) is 10.5 Å². The summed E-state index contributed by atoms with van der Waals surface area (Å²) >= 11 is 0. The molecule has 1 rings (SSSR count). The minimum Gasteiger partial charge on any atom is -0.497 e. The molecule has 1 aromatic rings. The lowest BCUT2D eigenvalue weighted by molar-refractivity contribution is 0.187. The van der Waals surface area contributed by atoms with Gasteiger partial charge in [0.15, 0.2) is 5.96 Å². The maximum absolute atomic E-state index is 10.1. The molecule has 0 fully saturated rings. The fraction of sp³-hybridized carbons (Fsp3) is 0.611. The van der Waals surface area contributed by atoms with E-state index in [2.05, 4.69) is 17.2 Å². The van der Waals surface area contributed by atoms with Crippen molar-refractivity contribution in [3.05, 3.63) is 29.8 Å². The van der Waals surface area contributed by atoms with Crippen LogP contribution in [-0.4, -0.2) is 31.3 Å². The van der Waals surface area contributed by atoms with Gasteiger partial charge in [-0.2, -0.15) is 0 Å². The van der Waals surface area contributed by atoms with Crippen LogP contribution in [0.2, 0.25) is 0 Å². The number of nitrogens with zero attached hydrogens (tertiary/aromatic N) is 1. The van der Waals surface area contributed by atoms with Crippen LogP contribution in [0.15, 0.2) is 29.3 Å². The van der Waals surface area contributed by atoms with Crippen LogP contribution in [-0.2, 0) is 0 Å². The van der Waals surface area contributed by atoms with Gasteiger partial charge in [0.25, 0.3) is 0 Å². The first-order valence-electron chi connectivity index (χ1n) is 8.53. The van der Waals surface area contributed by atoms with Crippen LogP contribution in [0.5, 0.6) is 5.75 Å². The van der Waals surface area contributed by atoms with Gasteiger partial charge in [-0.25, -0.2) is 0 Å². The number of hydrogen-bond donors (Lipinski definition) is 3. The number of nitrogens with two attached hydrogens (primary N) is 1. The van der Waals surface area contributed by atoms with Crippen LogP contribution < -0.4 is 15.8 Å². The van der Waals surface area contributed by atoms with Crippen LogP contribution in [0.3, 0.4) is 0 Å². The Morgan fingerprint density at radius 2 is 1.79 bits per heavy atom. The summed E-state index contributed by atoms with van der Waals surface area (Å²) in [6.07, 6.45) is 6.84. The summed E-state index contributed by atoms with van der Waals surface area (Å²) in [6.45, 7) is 3.31. The van der Waals surface area contributed by atoms with Crippen LogP contribution in [0.25, 0.3) is 0 Å². The zero-order chi connectivity index (χ0) is 16.9. The lowest BCUT2D eigenvalue weighted by Gasteiger charge is -2.10. The SMILES string of the molecule is CCCCCCCCNC(N)=NCC(O)c1ccc(OC)cc1.I. The third-order valence-corrected chi connectivity index (χ3v) is 3.77. The largest absolute Gasteiger partial charge is 0.497 e. The number of halogens is 1. The second-order valence-corrected chi connectivity index (χ2v) is 5.71. The van der Waals surface area contributed by atoms with E-state index in [1.165, 1.54) is 32.1 Å². The lowest BCUT2D eigenvalue weighted by Crippen LogP contribution is -2.32. The van der Waals surface area contributed by atoms with Gasteiger partial charge in [-0.15, -0.1) is 24.0 Å². The molecule has 0 aliphatic rings. The van der Waals surface area contributed by atoms with Crippen LogP contribution in [0.4, 0.5) is 0 Å². The van der Waals surface area contributed by atoms with Crippen LogP contribution in [0.1, 0.15) is 57.1 Å². The number of unbranched alkanes of at least 4 members (excludes halogenated alkanes) is 5. The van der Waals surface area contributed by atoms with Gasteiger partial charge in [-0.05, 0) is 24.1 Å². The molecule has 4 N–H and O–H groups in total. The zero-order valence-electron chi connectivity index (χ0n) is 14.8. The Morgan fingerprint density at radius 1 is 1.17 bits per heavy atom. The molecule has 0 saturated carbocycles. The molecule has 1 unspecified atom stereocenters. The molecular weight excluding hydrogens is 417 g/mol. The first-order valence-corrected chi connectivity index (χ1v) is 8.53. The van der Waals surface area contributed by atoms with Crippen molar-refractivity contribution in [2.24, 2.45) is 10.7 Å². The molecule has 0 heterocycles. The van der Waals surface area contributed by atoms with E-state index in [1.54, 1.807) is 7.11 Å². The predicted molar refractivity (Wildman–Crippen MR) is 111 cm³/mol. The van der Waals surface area contributed by atoms with Crippen molar-refractivity contribution in [1.29, 1.82) is 0 Å². The molecule has 0 spiro atoms. The van der Waals surface area contributed by atoms with Crippen molar-refractivity contribution < 1.29 is 9.84 Å². The number of guanidine groups is 1. The number of ether oxygens (including phenoxy) is 1. The summed E-state index contributed by atoms with van der Waals surface area (Å²) in [4.78, 5) is 4.19. The van der Waals surface area contributed by atoms with Crippen molar-refractivity contribution >= 4 is 29.9 Å². The van der Waals surface area contributed by atoms with Crippen LogP contribution >= 0.6 is 24.0 Å². The summed E-state index contributed by atoms with van der Waals surface area (Å²) in [6, 6.07) is 7.31. The highest BCUT2D eigenvalue weighted by Crippen LogP contribution is 2.17. The second-order valence-electron chi connectivity index (χ2n) is 5.71. The Morgan fingerprint density at radius 3 is 2.42 bits per heavy atom. The molecule has 6 heteroatoms. The average molecular weight is 449 g/mol. The normalized spacial score (nSPS) is 12.4. The van der Waals surface area contributed by atoms with E-state index < -0.39 is 6.10 Å². The summed E-state index contributed by atoms with van der Waals surface area (Å²) in [5, 5.41) is 13.2. The number of aliphatic hydroxyl groups is 1. The third kappa shape index (κ3) is 9.97. The molecular formula is C18H32IN3O2. The fourth-order valence-corrected chi connectivity index (χ4v) is 2.29. The molecule has 24 heavy (non-hydrogen) atoms. The quantitative estimate of drug-likeness (QED) is 0.209. The lowest BCUT2D eigenvalue weighted by atomic mass is 10.1. The van der Waals surface area contributed by atoms with Gasteiger partial charge in [-0.1, -0.05) is 51.2 Å². The maximum Gasteiger partial charge on any atom is 0.188 e. The smallest absolute Gasteiger partial charge is 0.188 e. The minimum absolute atomic E-state index is 0. The highest BCUT2D eigenvalue weighted by Gasteiger charge is 2.07. The van der Waals surface area contributed by atoms with Gasteiger partial charge in [0.1, 0.15) is 5.75 Å². The third-order valence-electron chi connectivity index (χ3n) is 3.77. The van der Waals surface area contributed by atoms with Gasteiger partial charge in [-0.3, -0.25) is 4.99 Å². The molecule has 0 radical (unpaired) electrons. The Bertz CT molecular complexity index is 452. The van der Waals surface area contributed by atoms with E-state index in [1.807, 2.05) is 24.3 Å². The number of hydrogen-bond acceptors (Lipinski definition) is 3. The van der Waals surface area contributed by atoms with Gasteiger partial charge in [0.2, 0.25) is 0 Å². The molecule has 0 aromatic heterocycles. The van der Waals surface area contributed by atoms with Gasteiger partial charge in [0.05, 0.1) is 19.8 Å². The van der Waals surface area contributed by atoms with E-state index in [9.17, 15) is 5.11 Å². The summed E-state index contributed by atoms with van der Waals surface area (Å²) in [5.74, 6) is 1.16. The summed E-state index contributed by atoms with van der Waals surface area (Å²) < 4.78 is 5.09. The number of methoxy groups -OCH3 is 1. The molecule has 0 bridgehead atoms. The Balaban J connectivity index is 0.00000529. The van der Waals surface area contributed by atoms with Crippen molar-refractivity contribution in [2.45, 2.75) is 51.6 Å².